The van der Waals surface area contributed by atoms with Gasteiger partial charge in [0.15, 0.2) is 11.5 Å². The molecular formula is C25H24N2O2. The number of rotatable bonds is 3. The van der Waals surface area contributed by atoms with Crippen molar-refractivity contribution in [2.75, 3.05) is 20.2 Å². The Morgan fingerprint density at radius 3 is 2.72 bits per heavy atom. The van der Waals surface area contributed by atoms with E-state index in [0.29, 0.717) is 5.75 Å². The van der Waals surface area contributed by atoms with Gasteiger partial charge in [0, 0.05) is 24.0 Å². The molecule has 29 heavy (non-hydrogen) atoms. The molecule has 0 saturated heterocycles. The Balaban J connectivity index is 1.82. The monoisotopic (exact) mass is 384 g/mol. The Hall–Kier alpha value is -3.11. The van der Waals surface area contributed by atoms with Gasteiger partial charge in [0.2, 0.25) is 0 Å². The smallest absolute Gasteiger partial charge is 0.160 e. The van der Waals surface area contributed by atoms with Gasteiger partial charge in [0.1, 0.15) is 0 Å². The van der Waals surface area contributed by atoms with Crippen molar-refractivity contribution < 1.29 is 9.84 Å². The van der Waals surface area contributed by atoms with E-state index in [2.05, 4.69) is 48.2 Å². The van der Waals surface area contributed by atoms with Crippen molar-refractivity contribution in [3.05, 3.63) is 65.7 Å². The molecule has 0 spiro atoms. The van der Waals surface area contributed by atoms with Crippen molar-refractivity contribution in [1.29, 1.82) is 0 Å². The maximum absolute atomic E-state index is 10.3. The zero-order valence-electron chi connectivity index (χ0n) is 16.8. The number of likely N-dealkylation sites (N-methyl/N-ethyl adjacent to an activating group) is 1. The van der Waals surface area contributed by atoms with Crippen LogP contribution in [0.4, 0.5) is 0 Å². The number of benzene rings is 3. The molecule has 1 aliphatic heterocycles. The molecule has 0 fully saturated rings. The van der Waals surface area contributed by atoms with Crippen LogP contribution in [0, 0.1) is 0 Å². The number of nitrogens with zero attached hydrogens (tertiary/aromatic N) is 2. The second-order valence-corrected chi connectivity index (χ2v) is 7.60. The van der Waals surface area contributed by atoms with E-state index in [-0.39, 0.29) is 5.75 Å². The maximum Gasteiger partial charge on any atom is 0.160 e. The van der Waals surface area contributed by atoms with Crippen molar-refractivity contribution in [1.82, 2.24) is 9.88 Å². The summed E-state index contributed by atoms with van der Waals surface area (Å²) in [4.78, 5) is 7.55. The third-order valence-corrected chi connectivity index (χ3v) is 6.05. The molecule has 4 heteroatoms. The standard InChI is InChI=1S/C25H24N2O2/c1-3-27-13-12-19-20(15-27)25(17-9-11-23(29-2)22(28)14-17)26-21-10-8-16-6-4-5-7-18(16)24(19)21/h4-11,14,28H,3,12-13,15H2,1-2H3. The topological polar surface area (TPSA) is 45.6 Å². The van der Waals surface area contributed by atoms with Crippen LogP contribution >= 0.6 is 0 Å². The maximum atomic E-state index is 10.3. The SMILES string of the molecule is CCN1CCc2c(c(-c3ccc(OC)c(O)c3)nc3ccc4ccccc4c23)C1. The molecule has 0 unspecified atom stereocenters. The average Bonchev–Trinajstić information content (AvgIpc) is 2.77. The van der Waals surface area contributed by atoms with E-state index in [4.69, 9.17) is 9.72 Å². The Labute approximate surface area is 170 Å². The van der Waals surface area contributed by atoms with Crippen LogP contribution in [-0.4, -0.2) is 35.2 Å². The molecule has 0 radical (unpaired) electrons. The van der Waals surface area contributed by atoms with E-state index in [9.17, 15) is 5.11 Å². The van der Waals surface area contributed by atoms with Gasteiger partial charge in [0.05, 0.1) is 18.3 Å². The molecule has 4 nitrogen and oxygen atoms in total. The minimum Gasteiger partial charge on any atom is -0.504 e. The molecule has 1 N–H and O–H groups in total. The van der Waals surface area contributed by atoms with Crippen LogP contribution < -0.4 is 4.74 Å². The lowest BCUT2D eigenvalue weighted by molar-refractivity contribution is 0.269. The molecule has 146 valence electrons. The van der Waals surface area contributed by atoms with Crippen LogP contribution in [0.1, 0.15) is 18.1 Å². The minimum atomic E-state index is 0.141. The van der Waals surface area contributed by atoms with Crippen LogP contribution in [0.15, 0.2) is 54.6 Å². The summed E-state index contributed by atoms with van der Waals surface area (Å²) in [6, 6.07) is 18.4. The third-order valence-electron chi connectivity index (χ3n) is 6.05. The molecule has 0 atom stereocenters. The van der Waals surface area contributed by atoms with Crippen molar-refractivity contribution in [2.45, 2.75) is 19.9 Å². The van der Waals surface area contributed by atoms with Gasteiger partial charge in [-0.2, -0.15) is 0 Å². The summed E-state index contributed by atoms with van der Waals surface area (Å²) in [5, 5.41) is 14.1. The number of phenolic OH excluding ortho intramolecular Hbond substituents is 1. The number of pyridine rings is 1. The molecule has 0 amide bonds. The number of phenols is 1. The second-order valence-electron chi connectivity index (χ2n) is 7.60. The van der Waals surface area contributed by atoms with Gasteiger partial charge in [-0.05, 0) is 59.1 Å². The Bertz CT molecular complexity index is 1230. The first kappa shape index (κ1) is 18.0. The van der Waals surface area contributed by atoms with Gasteiger partial charge in [-0.3, -0.25) is 4.90 Å². The summed E-state index contributed by atoms with van der Waals surface area (Å²) in [5.74, 6) is 0.618. The van der Waals surface area contributed by atoms with Crippen molar-refractivity contribution >= 4 is 21.7 Å². The molecule has 5 rings (SSSR count). The Morgan fingerprint density at radius 1 is 1.07 bits per heavy atom. The van der Waals surface area contributed by atoms with Crippen LogP contribution in [-0.2, 0) is 13.0 Å². The molecule has 4 aromatic rings. The lowest BCUT2D eigenvalue weighted by atomic mass is 9.89. The minimum absolute atomic E-state index is 0.141. The summed E-state index contributed by atoms with van der Waals surface area (Å²) < 4.78 is 5.22. The zero-order chi connectivity index (χ0) is 20.0. The number of fused-ring (bicyclic) bond motifs is 5. The van der Waals surface area contributed by atoms with E-state index >= 15 is 0 Å². The highest BCUT2D eigenvalue weighted by Gasteiger charge is 2.24. The number of ether oxygens (including phenoxy) is 1. The molecule has 0 saturated carbocycles. The Morgan fingerprint density at radius 2 is 1.93 bits per heavy atom. The molecule has 0 bridgehead atoms. The quantitative estimate of drug-likeness (QED) is 0.496. The van der Waals surface area contributed by atoms with Gasteiger partial charge in [0.25, 0.3) is 0 Å². The highest BCUT2D eigenvalue weighted by Crippen LogP contribution is 2.39. The van der Waals surface area contributed by atoms with E-state index < -0.39 is 0 Å². The predicted octanol–water partition coefficient (Wildman–Crippen LogP) is 5.15. The highest BCUT2D eigenvalue weighted by atomic mass is 16.5. The van der Waals surface area contributed by atoms with E-state index in [1.165, 1.54) is 27.3 Å². The van der Waals surface area contributed by atoms with Gasteiger partial charge < -0.3 is 9.84 Å². The summed E-state index contributed by atoms with van der Waals surface area (Å²) in [7, 11) is 1.56. The first-order chi connectivity index (χ1) is 14.2. The summed E-state index contributed by atoms with van der Waals surface area (Å²) in [6.45, 7) is 5.15. The zero-order valence-corrected chi connectivity index (χ0v) is 16.8. The van der Waals surface area contributed by atoms with Crippen molar-refractivity contribution in [2.24, 2.45) is 0 Å². The fraction of sp³-hybridized carbons (Fsp3) is 0.240. The van der Waals surface area contributed by atoms with Gasteiger partial charge in [-0.1, -0.05) is 37.3 Å². The van der Waals surface area contributed by atoms with Gasteiger partial charge >= 0.3 is 0 Å². The van der Waals surface area contributed by atoms with Crippen LogP contribution in [0.2, 0.25) is 0 Å². The molecular weight excluding hydrogens is 360 g/mol. The molecule has 3 aromatic carbocycles. The number of hydrogen-bond acceptors (Lipinski definition) is 4. The first-order valence-electron chi connectivity index (χ1n) is 10.1. The fourth-order valence-corrected chi connectivity index (χ4v) is 4.52. The predicted molar refractivity (Wildman–Crippen MR) is 118 cm³/mol. The molecule has 0 aliphatic carbocycles. The lowest BCUT2D eigenvalue weighted by Gasteiger charge is -2.30. The van der Waals surface area contributed by atoms with Gasteiger partial charge in [-0.25, -0.2) is 4.98 Å². The molecule has 1 aromatic heterocycles. The van der Waals surface area contributed by atoms with Crippen LogP contribution in [0.25, 0.3) is 32.9 Å². The van der Waals surface area contributed by atoms with E-state index in [1.54, 1.807) is 13.2 Å². The van der Waals surface area contributed by atoms with Crippen LogP contribution in [0.5, 0.6) is 11.5 Å². The second kappa shape index (κ2) is 7.05. The normalized spacial score (nSPS) is 14.3. The summed E-state index contributed by atoms with van der Waals surface area (Å²) in [5.41, 5.74) is 5.55. The third kappa shape index (κ3) is 2.91. The summed E-state index contributed by atoms with van der Waals surface area (Å²) in [6.07, 6.45) is 1.01. The average molecular weight is 384 g/mol. The number of aromatic nitrogens is 1. The van der Waals surface area contributed by atoms with Crippen molar-refractivity contribution in [3.63, 3.8) is 0 Å². The number of hydrogen-bond donors (Lipinski definition) is 1. The largest absolute Gasteiger partial charge is 0.504 e. The molecule has 1 aliphatic rings. The van der Waals surface area contributed by atoms with E-state index in [1.807, 2.05) is 12.1 Å². The number of aromatic hydroxyl groups is 1. The lowest BCUT2D eigenvalue weighted by Crippen LogP contribution is -2.31. The fourth-order valence-electron chi connectivity index (χ4n) is 4.52. The molecule has 2 heterocycles. The van der Waals surface area contributed by atoms with E-state index in [0.717, 1.165) is 42.8 Å². The summed E-state index contributed by atoms with van der Waals surface area (Å²) >= 11 is 0. The Kier molecular flexibility index (Phi) is 4.36. The van der Waals surface area contributed by atoms with Gasteiger partial charge in [-0.15, -0.1) is 0 Å². The first-order valence-corrected chi connectivity index (χ1v) is 10.1. The highest BCUT2D eigenvalue weighted by molar-refractivity contribution is 6.09. The van der Waals surface area contributed by atoms with Crippen LogP contribution in [0.3, 0.4) is 0 Å². The van der Waals surface area contributed by atoms with Crippen molar-refractivity contribution in [3.8, 4) is 22.8 Å². The number of methoxy groups -OCH3 is 1.